The molecule has 176 valence electrons. The SMILES string of the molecule is COc1cc(/C=N\NC(=O)c2cccc(Br)c2)cc(Br)c1OS(=O)(=O)c1ccc([N+](=O)[O-])cc1. The first-order valence-electron chi connectivity index (χ1n) is 9.26. The lowest BCUT2D eigenvalue weighted by molar-refractivity contribution is -0.384. The fraction of sp³-hybridized carbons (Fsp3) is 0.0476. The van der Waals surface area contributed by atoms with E-state index in [4.69, 9.17) is 8.92 Å². The number of hydrogen-bond donors (Lipinski definition) is 1. The van der Waals surface area contributed by atoms with Crippen LogP contribution in [0.15, 0.2) is 79.6 Å². The maximum atomic E-state index is 12.6. The van der Waals surface area contributed by atoms with Crippen LogP contribution in [-0.2, 0) is 10.1 Å². The van der Waals surface area contributed by atoms with Crippen molar-refractivity contribution in [3.63, 3.8) is 0 Å². The van der Waals surface area contributed by atoms with Gasteiger partial charge in [-0.1, -0.05) is 22.0 Å². The number of nitro benzene ring substituents is 1. The number of methoxy groups -OCH3 is 1. The summed E-state index contributed by atoms with van der Waals surface area (Å²) in [5.41, 5.74) is 3.02. The van der Waals surface area contributed by atoms with E-state index >= 15 is 0 Å². The van der Waals surface area contributed by atoms with Crippen molar-refractivity contribution in [1.29, 1.82) is 0 Å². The summed E-state index contributed by atoms with van der Waals surface area (Å²) in [5, 5.41) is 14.7. The molecule has 3 rings (SSSR count). The Kier molecular flexibility index (Phi) is 8.02. The standard InChI is InChI=1S/C21H15Br2N3O7S/c1-32-19-10-13(12-24-25-21(27)14-3-2-4-15(22)11-14)9-18(23)20(19)33-34(30,31)17-7-5-16(6-8-17)26(28)29/h2-12H,1H3,(H,25,27)/b24-12-. The molecule has 3 aromatic carbocycles. The lowest BCUT2D eigenvalue weighted by atomic mass is 10.2. The monoisotopic (exact) mass is 611 g/mol. The molecule has 0 aliphatic heterocycles. The van der Waals surface area contributed by atoms with Gasteiger partial charge in [-0.2, -0.15) is 13.5 Å². The van der Waals surface area contributed by atoms with Crippen molar-refractivity contribution in [2.24, 2.45) is 5.10 Å². The molecule has 0 atom stereocenters. The van der Waals surface area contributed by atoms with E-state index in [1.54, 1.807) is 24.3 Å². The predicted octanol–water partition coefficient (Wildman–Crippen LogP) is 4.66. The fourth-order valence-electron chi connectivity index (χ4n) is 2.65. The molecule has 1 amide bonds. The molecule has 0 radical (unpaired) electrons. The minimum atomic E-state index is -4.31. The van der Waals surface area contributed by atoms with Gasteiger partial charge in [0.1, 0.15) is 4.90 Å². The normalized spacial score (nSPS) is 11.3. The van der Waals surface area contributed by atoms with Gasteiger partial charge in [0.25, 0.3) is 11.6 Å². The molecule has 13 heteroatoms. The Bertz CT molecular complexity index is 1380. The summed E-state index contributed by atoms with van der Waals surface area (Å²) in [6, 6.07) is 14.0. The van der Waals surface area contributed by atoms with Gasteiger partial charge in [-0.05, 0) is 64.0 Å². The van der Waals surface area contributed by atoms with Crippen LogP contribution in [0.4, 0.5) is 5.69 Å². The summed E-state index contributed by atoms with van der Waals surface area (Å²) in [6.45, 7) is 0. The molecule has 10 nitrogen and oxygen atoms in total. The third-order valence-corrected chi connectivity index (χ3v) is 6.57. The third-order valence-electron chi connectivity index (χ3n) is 4.25. The van der Waals surface area contributed by atoms with Crippen molar-refractivity contribution < 1.29 is 27.1 Å². The molecule has 0 unspecified atom stereocenters. The second kappa shape index (κ2) is 10.8. The van der Waals surface area contributed by atoms with E-state index in [1.165, 1.54) is 25.5 Å². The molecule has 0 aromatic heterocycles. The van der Waals surface area contributed by atoms with E-state index in [-0.39, 0.29) is 26.6 Å². The number of halogens is 2. The molecule has 0 saturated carbocycles. The van der Waals surface area contributed by atoms with Crippen LogP contribution >= 0.6 is 31.9 Å². The molecule has 0 aliphatic carbocycles. The number of rotatable bonds is 8. The number of hydrogen-bond acceptors (Lipinski definition) is 8. The van der Waals surface area contributed by atoms with E-state index in [0.717, 1.165) is 28.7 Å². The maximum absolute atomic E-state index is 12.6. The number of benzene rings is 3. The number of nitro groups is 1. The van der Waals surface area contributed by atoms with Crippen molar-refractivity contribution >= 4 is 59.8 Å². The van der Waals surface area contributed by atoms with E-state index in [1.807, 2.05) is 0 Å². The van der Waals surface area contributed by atoms with E-state index in [9.17, 15) is 23.3 Å². The van der Waals surface area contributed by atoms with Crippen molar-refractivity contribution in [3.8, 4) is 11.5 Å². The van der Waals surface area contributed by atoms with Gasteiger partial charge in [0.05, 0.1) is 22.7 Å². The highest BCUT2D eigenvalue weighted by Gasteiger charge is 2.23. The van der Waals surface area contributed by atoms with Crippen LogP contribution in [-0.4, -0.2) is 32.6 Å². The van der Waals surface area contributed by atoms with Crippen LogP contribution in [0.3, 0.4) is 0 Å². The summed E-state index contributed by atoms with van der Waals surface area (Å²) < 4.78 is 36.7. The Morgan fingerprint density at radius 1 is 1.12 bits per heavy atom. The van der Waals surface area contributed by atoms with Crippen molar-refractivity contribution in [3.05, 3.63) is 90.9 Å². The fourth-order valence-corrected chi connectivity index (χ4v) is 4.65. The Morgan fingerprint density at radius 3 is 2.44 bits per heavy atom. The highest BCUT2D eigenvalue weighted by molar-refractivity contribution is 9.10. The van der Waals surface area contributed by atoms with Crippen molar-refractivity contribution in [2.75, 3.05) is 7.11 Å². The second-order valence-electron chi connectivity index (χ2n) is 6.53. The first-order valence-corrected chi connectivity index (χ1v) is 12.3. The number of carbonyl (C=O) groups is 1. The topological polar surface area (TPSA) is 137 Å². The first kappa shape index (κ1) is 25.3. The maximum Gasteiger partial charge on any atom is 0.339 e. The van der Waals surface area contributed by atoms with Gasteiger partial charge < -0.3 is 8.92 Å². The zero-order chi connectivity index (χ0) is 24.9. The number of nitrogens with one attached hydrogen (secondary N) is 1. The molecule has 0 aliphatic rings. The first-order chi connectivity index (χ1) is 16.1. The number of hydrazone groups is 1. The summed E-state index contributed by atoms with van der Waals surface area (Å²) in [4.78, 5) is 22.0. The highest BCUT2D eigenvalue weighted by atomic mass is 79.9. The molecule has 0 fully saturated rings. The molecule has 34 heavy (non-hydrogen) atoms. The summed E-state index contributed by atoms with van der Waals surface area (Å²) in [7, 11) is -2.99. The summed E-state index contributed by atoms with van der Waals surface area (Å²) >= 11 is 6.54. The second-order valence-corrected chi connectivity index (χ2v) is 9.85. The van der Waals surface area contributed by atoms with Gasteiger partial charge in [-0.25, -0.2) is 5.43 Å². The van der Waals surface area contributed by atoms with Crippen molar-refractivity contribution in [2.45, 2.75) is 4.90 Å². The van der Waals surface area contributed by atoms with Crippen LogP contribution in [0.1, 0.15) is 15.9 Å². The molecule has 0 heterocycles. The highest BCUT2D eigenvalue weighted by Crippen LogP contribution is 2.38. The van der Waals surface area contributed by atoms with Gasteiger partial charge in [0, 0.05) is 22.2 Å². The van der Waals surface area contributed by atoms with E-state index < -0.39 is 20.9 Å². The van der Waals surface area contributed by atoms with E-state index in [2.05, 4.69) is 42.4 Å². The third kappa shape index (κ3) is 6.18. The minimum Gasteiger partial charge on any atom is -0.493 e. The molecular formula is C21H15Br2N3O7S. The number of amides is 1. The van der Waals surface area contributed by atoms with Crippen LogP contribution in [0.5, 0.6) is 11.5 Å². The molecule has 0 saturated heterocycles. The minimum absolute atomic E-state index is 0.0691. The molecule has 3 aromatic rings. The van der Waals surface area contributed by atoms with Crippen LogP contribution < -0.4 is 14.3 Å². The lowest BCUT2D eigenvalue weighted by Gasteiger charge is -2.13. The Balaban J connectivity index is 1.79. The summed E-state index contributed by atoms with van der Waals surface area (Å²) in [5.74, 6) is -0.478. The molecule has 0 bridgehead atoms. The van der Waals surface area contributed by atoms with Gasteiger partial charge in [0.15, 0.2) is 11.5 Å². The Morgan fingerprint density at radius 2 is 1.82 bits per heavy atom. The van der Waals surface area contributed by atoms with Crippen molar-refractivity contribution in [1.82, 2.24) is 5.43 Å². The average molecular weight is 613 g/mol. The lowest BCUT2D eigenvalue weighted by Crippen LogP contribution is -2.17. The Hall–Kier alpha value is -3.29. The number of non-ortho nitro benzene ring substituents is 1. The van der Waals surface area contributed by atoms with Crippen LogP contribution in [0.2, 0.25) is 0 Å². The van der Waals surface area contributed by atoms with Gasteiger partial charge in [0.2, 0.25) is 0 Å². The zero-order valence-corrected chi connectivity index (χ0v) is 21.3. The number of nitrogens with zero attached hydrogens (tertiary/aromatic N) is 2. The van der Waals surface area contributed by atoms with Crippen LogP contribution in [0, 0.1) is 10.1 Å². The molecule has 1 N–H and O–H groups in total. The summed E-state index contributed by atoms with van der Waals surface area (Å²) in [6.07, 6.45) is 1.35. The number of ether oxygens (including phenoxy) is 1. The Labute approximate surface area is 211 Å². The smallest absolute Gasteiger partial charge is 0.339 e. The van der Waals surface area contributed by atoms with Crippen LogP contribution in [0.25, 0.3) is 0 Å². The average Bonchev–Trinajstić information content (AvgIpc) is 2.80. The zero-order valence-electron chi connectivity index (χ0n) is 17.3. The van der Waals surface area contributed by atoms with E-state index in [0.29, 0.717) is 11.1 Å². The quantitative estimate of drug-likeness (QED) is 0.169. The van der Waals surface area contributed by atoms with Gasteiger partial charge in [-0.15, -0.1) is 0 Å². The predicted molar refractivity (Wildman–Crippen MR) is 131 cm³/mol. The van der Waals surface area contributed by atoms with Gasteiger partial charge in [-0.3, -0.25) is 14.9 Å². The number of carbonyl (C=O) groups excluding carboxylic acids is 1. The molecule has 0 spiro atoms. The largest absolute Gasteiger partial charge is 0.493 e. The van der Waals surface area contributed by atoms with Gasteiger partial charge >= 0.3 is 10.1 Å². The molecular weight excluding hydrogens is 598 g/mol.